The molecule has 0 saturated carbocycles. The largest absolute Gasteiger partial charge is 0.507 e. The first-order valence-electron chi connectivity index (χ1n) is 34.5. The zero-order valence-corrected chi connectivity index (χ0v) is 66.8. The van der Waals surface area contributed by atoms with Gasteiger partial charge in [-0.1, -0.05) is 107 Å². The van der Waals surface area contributed by atoms with Crippen molar-refractivity contribution in [3.05, 3.63) is 104 Å². The molecule has 10 aliphatic rings. The molecule has 3 unspecified atom stereocenters. The number of aryl methyl sites for hydroxylation is 2. The van der Waals surface area contributed by atoms with Crippen molar-refractivity contribution < 1.29 is 116 Å². The van der Waals surface area contributed by atoms with Gasteiger partial charge in [-0.3, -0.25) is 24.4 Å². The number of phenolic OH excluding ortho intramolecular Hbond substituents is 3. The van der Waals surface area contributed by atoms with Crippen LogP contribution in [0.3, 0.4) is 0 Å². The van der Waals surface area contributed by atoms with Gasteiger partial charge in [-0.25, -0.2) is 28.8 Å². The van der Waals surface area contributed by atoms with Crippen LogP contribution in [0, 0.1) is 50.4 Å². The second-order valence-corrected chi connectivity index (χ2v) is 33.6. The molecular weight excluding hydrogens is 1640 g/mol. The second-order valence-electron chi connectivity index (χ2n) is 27.1. The average Bonchev–Trinajstić information content (AvgIpc) is 0.869. The Labute approximate surface area is 679 Å². The molecule has 40 heteroatoms. The van der Waals surface area contributed by atoms with Crippen molar-refractivity contribution in [2.24, 2.45) is 0 Å². The number of halogens is 6. The van der Waals surface area contributed by atoms with Crippen molar-refractivity contribution >= 4 is 136 Å². The summed E-state index contributed by atoms with van der Waals surface area (Å²) in [6.45, 7) is 12.1. The van der Waals surface area contributed by atoms with E-state index in [4.69, 9.17) is 131 Å². The number of esters is 3. The molecule has 32 nitrogen and oxygen atoms in total. The predicted molar refractivity (Wildman–Crippen MR) is 402 cm³/mol. The number of aliphatic hydroxyl groups is 1. The lowest BCUT2D eigenvalue weighted by Crippen LogP contribution is -2.71. The van der Waals surface area contributed by atoms with Crippen LogP contribution in [0.2, 0.25) is 0 Å². The number of alkyl carbamates (subject to hydrolysis) is 2. The molecule has 4 amide bonds. The average molecular weight is 1710 g/mol. The molecule has 4 aromatic rings. The van der Waals surface area contributed by atoms with E-state index in [1.807, 2.05) is 11.0 Å². The molecule has 10 heterocycles. The quantitative estimate of drug-likeness (QED) is 0.0145. The Morgan fingerprint density at radius 2 is 1.19 bits per heavy atom. The highest BCUT2D eigenvalue weighted by Gasteiger charge is 2.65. The number of methoxy groups -OCH3 is 2. The molecule has 6 bridgehead atoms. The van der Waals surface area contributed by atoms with Gasteiger partial charge in [0.15, 0.2) is 46.0 Å². The molecule has 14 atom stereocenters. The van der Waals surface area contributed by atoms with E-state index in [0.717, 1.165) is 11.8 Å². The van der Waals surface area contributed by atoms with E-state index in [-0.39, 0.29) is 119 Å². The van der Waals surface area contributed by atoms with E-state index in [2.05, 4.69) is 48.6 Å². The number of aromatic hydroxyl groups is 3. The molecule has 112 heavy (non-hydrogen) atoms. The predicted octanol–water partition coefficient (Wildman–Crippen LogP) is 9.73. The number of thioether (sulfide) groups is 1. The van der Waals surface area contributed by atoms with Crippen molar-refractivity contribution in [3.63, 3.8) is 0 Å². The number of carbonyl (C=O) groups is 7. The van der Waals surface area contributed by atoms with Crippen LogP contribution in [0.4, 0.5) is 19.2 Å². The fourth-order valence-corrected chi connectivity index (χ4v) is 18.7. The first kappa shape index (κ1) is 82.8. The normalized spacial score (nSPS) is 24.9. The summed E-state index contributed by atoms with van der Waals surface area (Å²) in [5, 5.41) is 74.3. The Hall–Kier alpha value is -8.65. The highest BCUT2D eigenvalue weighted by atomic mass is 35.6. The summed E-state index contributed by atoms with van der Waals surface area (Å²) in [6, 6.07) is -5.56. The van der Waals surface area contributed by atoms with Crippen LogP contribution < -0.4 is 43.8 Å². The Bertz CT molecular complexity index is 4620. The number of carbonyl (C=O) groups excluding carboxylic acids is 7. The van der Waals surface area contributed by atoms with E-state index < -0.39 is 160 Å². The zero-order chi connectivity index (χ0) is 81.2. The van der Waals surface area contributed by atoms with Crippen molar-refractivity contribution in [2.75, 3.05) is 79.0 Å². The van der Waals surface area contributed by atoms with Crippen molar-refractivity contribution in [3.8, 4) is 69.6 Å². The van der Waals surface area contributed by atoms with Gasteiger partial charge < -0.3 is 92.6 Å². The van der Waals surface area contributed by atoms with Crippen LogP contribution in [0.15, 0.2) is 37.4 Å². The highest BCUT2D eigenvalue weighted by Crippen LogP contribution is 2.66. The molecule has 10 aliphatic heterocycles. The van der Waals surface area contributed by atoms with E-state index in [1.54, 1.807) is 38.7 Å². The number of nitriles is 2. The standard InChI is InChI=1S/C37H37Cl3N4O12S.C35H37Cl3N4O12S/c1-6-7-51-35(48)42-19-12-57-33-25-24(32-31(54-14-55-32)16(3)30(25)56-17(4)45)22(11-52-34(19)47)43-21(10-41)20-9-18-8-15(2)29(50-5)28(46)23(18)26(27(33)43)44(20)36(49)53-13-37(38,39)40;1-5-6-50-33(47)40-17(11-55)32(46)51-10-20-22-23(26(43)15(3)30-31(22)54-13-53-30)27(44)25-24-21-16(7-14(2)29(49-4)28(21)45)8-18(19(9-39)41(20)25)42(24)34(48)52-12-35(36,37)38/h6,8,19-22,26-27,33,46H,1,7,9,11-14H2,2-5H3,(H,42,48);5,7,17-20,24-25,27,43-45,55H,1,6,8,10-13H2,2-4H3,(H,40,47)/t19-,20?,21-,22-,26+,27+,33-;17-,18?,19-,20-,24+,25+,27?/m00/s1. The number of ether oxygens (including phenoxy) is 13. The molecular formula is C72H74Cl6N8O24S2. The maximum atomic E-state index is 14.4. The third kappa shape index (κ3) is 15.1. The first-order valence-corrected chi connectivity index (χ1v) is 38.4. The highest BCUT2D eigenvalue weighted by molar-refractivity contribution is 7.99. The third-order valence-corrected chi connectivity index (χ3v) is 23.1. The topological polar surface area (TPSA) is 405 Å². The summed E-state index contributed by atoms with van der Waals surface area (Å²) in [5.41, 5.74) is 4.48. The number of hydrogen-bond acceptors (Lipinski definition) is 30. The number of nitrogens with zero attached hydrogens (tertiary/aromatic N) is 6. The SMILES string of the molecule is C=CCOC(=O)N[C@@H](CS)C(=O)OC[C@H]1c2c3c(c(C)c(O)c2C(O)[C@H]2[C@H]4c5c(cc(C)c(OC)c5O)CC([C@H](C#N)N12)N4C(=O)OCC(Cl)(Cl)Cl)OCO3.C=CCOC(=O)N[C@H]1CS[C@H]2c3c(OC(C)=O)c(C)c4c(c3[C@H](COC1=O)N1[C@@H]2[C@H]2c3c(cc(C)c(OC)c3O)CC([C@@H]1C#N)N2C(=O)OCC(Cl)(Cl)Cl)OCO4. The number of fused-ring (bicyclic) bond motifs is 19. The minimum absolute atomic E-state index is 0.000659. The number of aliphatic hydroxyl groups excluding tert-OH is 1. The van der Waals surface area contributed by atoms with Crippen LogP contribution >= 0.6 is 94.0 Å². The first-order chi connectivity index (χ1) is 53.2. The van der Waals surface area contributed by atoms with Gasteiger partial charge in [0.25, 0.3) is 0 Å². The summed E-state index contributed by atoms with van der Waals surface area (Å²) < 4.78 is 69.7. The molecule has 14 rings (SSSR count). The van der Waals surface area contributed by atoms with Gasteiger partial charge in [0, 0.05) is 62.9 Å². The van der Waals surface area contributed by atoms with Crippen LogP contribution in [0.1, 0.15) is 109 Å². The number of thiol groups is 1. The smallest absolute Gasteiger partial charge is 0.410 e. The van der Waals surface area contributed by atoms with Gasteiger partial charge in [0.2, 0.25) is 21.2 Å². The maximum absolute atomic E-state index is 14.4. The minimum Gasteiger partial charge on any atom is -0.507 e. The number of phenols is 3. The fraction of sp³-hybridized carbons (Fsp3) is 0.486. The van der Waals surface area contributed by atoms with E-state index in [0.29, 0.717) is 56.0 Å². The minimum atomic E-state index is -2.01. The Morgan fingerprint density at radius 1 is 0.679 bits per heavy atom. The van der Waals surface area contributed by atoms with Gasteiger partial charge in [-0.2, -0.15) is 23.2 Å². The van der Waals surface area contributed by atoms with Gasteiger partial charge in [0.1, 0.15) is 81.4 Å². The van der Waals surface area contributed by atoms with Gasteiger partial charge in [-0.05, 0) is 62.8 Å². The third-order valence-electron chi connectivity index (χ3n) is 20.6. The molecule has 0 aromatic heterocycles. The van der Waals surface area contributed by atoms with E-state index >= 15 is 0 Å². The molecule has 3 fully saturated rings. The number of nitrogens with one attached hydrogen (secondary N) is 2. The number of alkyl halides is 6. The Morgan fingerprint density at radius 3 is 1.70 bits per heavy atom. The molecule has 600 valence electrons. The zero-order valence-electron chi connectivity index (χ0n) is 60.6. The van der Waals surface area contributed by atoms with Crippen molar-refractivity contribution in [1.82, 2.24) is 30.2 Å². The molecule has 3 saturated heterocycles. The molecule has 4 aromatic carbocycles. The van der Waals surface area contributed by atoms with E-state index in [1.165, 1.54) is 43.1 Å². The van der Waals surface area contributed by atoms with Crippen molar-refractivity contribution in [2.45, 2.75) is 139 Å². The van der Waals surface area contributed by atoms with Crippen molar-refractivity contribution in [1.29, 1.82) is 10.5 Å². The summed E-state index contributed by atoms with van der Waals surface area (Å²) in [4.78, 5) is 99.8. The number of hydrogen-bond donors (Lipinski definition) is 7. The number of rotatable bonds is 15. The van der Waals surface area contributed by atoms with Gasteiger partial charge in [0.05, 0.1) is 79.9 Å². The lowest BCUT2D eigenvalue weighted by atomic mass is 9.70. The summed E-state index contributed by atoms with van der Waals surface area (Å²) in [6.07, 6.45) is -2.70. The Kier molecular flexibility index (Phi) is 24.4. The monoisotopic (exact) mass is 1710 g/mol. The van der Waals surface area contributed by atoms with Crippen LogP contribution in [-0.4, -0.2) is 217 Å². The lowest BCUT2D eigenvalue weighted by Gasteiger charge is -2.61. The van der Waals surface area contributed by atoms with Gasteiger partial charge in [-0.15, -0.1) is 11.8 Å². The van der Waals surface area contributed by atoms with Crippen LogP contribution in [0.5, 0.6) is 57.5 Å². The van der Waals surface area contributed by atoms with Crippen LogP contribution in [-0.2, 0) is 55.6 Å². The summed E-state index contributed by atoms with van der Waals surface area (Å²) >= 11 is 41.2. The maximum Gasteiger partial charge on any atom is 0.410 e. The molecule has 0 aliphatic carbocycles. The second kappa shape index (κ2) is 33.1. The van der Waals surface area contributed by atoms with Gasteiger partial charge >= 0.3 is 42.3 Å². The summed E-state index contributed by atoms with van der Waals surface area (Å²) in [5.74, 6) is -2.37. The fourth-order valence-electron chi connectivity index (χ4n) is 16.6. The summed E-state index contributed by atoms with van der Waals surface area (Å²) in [7, 11) is 2.76. The molecule has 0 spiro atoms. The molecule has 6 N–H and O–H groups in total. The Balaban J connectivity index is 0.000000208. The molecule has 0 radical (unpaired) electrons. The number of piperazine rings is 2. The number of benzene rings is 4. The van der Waals surface area contributed by atoms with Crippen LogP contribution in [0.25, 0.3) is 0 Å². The van der Waals surface area contributed by atoms with E-state index in [9.17, 15) is 64.5 Å². The number of amides is 4. The lowest BCUT2D eigenvalue weighted by molar-refractivity contribution is -0.155.